The maximum Gasteiger partial charge on any atom is 0.303 e. The second-order valence-corrected chi connectivity index (χ2v) is 8.86. The second-order valence-electron chi connectivity index (χ2n) is 8.86. The molecule has 1 saturated heterocycles. The maximum absolute atomic E-state index is 12.9. The molecule has 176 valence electrons. The average molecular weight is 447 g/mol. The Labute approximate surface area is 189 Å². The highest BCUT2D eigenvalue weighted by Crippen LogP contribution is 2.38. The van der Waals surface area contributed by atoms with E-state index in [2.05, 4.69) is 0 Å². The van der Waals surface area contributed by atoms with E-state index >= 15 is 0 Å². The lowest BCUT2D eigenvalue weighted by Gasteiger charge is -2.42. The number of rotatable bonds is 3. The van der Waals surface area contributed by atoms with Crippen LogP contribution in [0.5, 0.6) is 5.75 Å². The van der Waals surface area contributed by atoms with Gasteiger partial charge in [0.1, 0.15) is 5.75 Å². The van der Waals surface area contributed by atoms with Gasteiger partial charge in [-0.1, -0.05) is 18.6 Å². The first-order chi connectivity index (χ1) is 15.4. The lowest BCUT2D eigenvalue weighted by molar-refractivity contribution is -0.141. The highest BCUT2D eigenvalue weighted by Gasteiger charge is 2.36. The number of carbonyl (C=O) groups excluding carboxylic acids is 2. The number of ether oxygens (including phenoxy) is 2. The molecule has 1 aromatic carbocycles. The number of amides is 2. The van der Waals surface area contributed by atoms with Gasteiger partial charge in [-0.25, -0.2) is 0 Å². The largest absolute Gasteiger partial charge is 0.492 e. The number of carboxylic acid groups (broad SMARTS) is 1. The number of nitrogens with zero attached hydrogens (tertiary/aromatic N) is 2. The third-order valence-electron chi connectivity index (χ3n) is 6.54. The summed E-state index contributed by atoms with van der Waals surface area (Å²) in [7, 11) is 1.77. The van der Waals surface area contributed by atoms with Crippen LogP contribution < -0.4 is 4.74 Å². The van der Waals surface area contributed by atoms with Gasteiger partial charge >= 0.3 is 5.97 Å². The monoisotopic (exact) mass is 446 g/mol. The third kappa shape index (κ3) is 6.45. The lowest BCUT2D eigenvalue weighted by atomic mass is 9.75. The van der Waals surface area contributed by atoms with Crippen LogP contribution in [-0.4, -0.2) is 79.2 Å². The molecule has 32 heavy (non-hydrogen) atoms. The zero-order chi connectivity index (χ0) is 23.0. The summed E-state index contributed by atoms with van der Waals surface area (Å²) >= 11 is 0. The minimum Gasteiger partial charge on any atom is -0.492 e. The molecule has 0 bridgehead atoms. The van der Waals surface area contributed by atoms with Crippen molar-refractivity contribution in [2.45, 2.75) is 44.9 Å². The van der Waals surface area contributed by atoms with Gasteiger partial charge in [0, 0.05) is 45.1 Å². The molecule has 0 radical (unpaired) electrons. The molecule has 0 aliphatic carbocycles. The van der Waals surface area contributed by atoms with Crippen LogP contribution in [0.2, 0.25) is 0 Å². The first-order valence-electron chi connectivity index (χ1n) is 11.4. The Hall–Kier alpha value is -2.61. The predicted molar refractivity (Wildman–Crippen MR) is 119 cm³/mol. The van der Waals surface area contributed by atoms with E-state index in [1.54, 1.807) is 22.9 Å². The van der Waals surface area contributed by atoms with Gasteiger partial charge in [0.15, 0.2) is 0 Å². The van der Waals surface area contributed by atoms with Crippen LogP contribution in [0.25, 0.3) is 0 Å². The van der Waals surface area contributed by atoms with Crippen LogP contribution in [0.3, 0.4) is 0 Å². The molecule has 1 aromatic rings. The van der Waals surface area contributed by atoms with Crippen molar-refractivity contribution < 1.29 is 29.0 Å². The molecule has 0 atom stereocenters. The van der Waals surface area contributed by atoms with Crippen molar-refractivity contribution in [1.29, 1.82) is 0 Å². The smallest absolute Gasteiger partial charge is 0.303 e. The topological polar surface area (TPSA) is 96.4 Å². The van der Waals surface area contributed by atoms with Crippen LogP contribution in [0.1, 0.15) is 55.3 Å². The number of likely N-dealkylation sites (tertiary alicyclic amines) is 1. The van der Waals surface area contributed by atoms with E-state index < -0.39 is 5.97 Å². The Morgan fingerprint density at radius 2 is 1.78 bits per heavy atom. The van der Waals surface area contributed by atoms with Crippen LogP contribution in [0.4, 0.5) is 0 Å². The van der Waals surface area contributed by atoms with Crippen molar-refractivity contribution in [3.8, 4) is 5.75 Å². The molecule has 3 rings (SSSR count). The normalized spacial score (nSPS) is 20.2. The van der Waals surface area contributed by atoms with Gasteiger partial charge in [-0.3, -0.25) is 14.4 Å². The van der Waals surface area contributed by atoms with Crippen molar-refractivity contribution in [1.82, 2.24) is 9.80 Å². The van der Waals surface area contributed by atoms with E-state index in [0.29, 0.717) is 50.8 Å². The molecule has 2 amide bonds. The van der Waals surface area contributed by atoms with E-state index in [0.717, 1.165) is 32.1 Å². The van der Waals surface area contributed by atoms with Gasteiger partial charge in [-0.05, 0) is 37.8 Å². The second kappa shape index (κ2) is 11.3. The van der Waals surface area contributed by atoms with Crippen LogP contribution >= 0.6 is 0 Å². The number of benzene rings is 1. The fraction of sp³-hybridized carbons (Fsp3) is 0.625. The van der Waals surface area contributed by atoms with Gasteiger partial charge < -0.3 is 24.4 Å². The number of carbonyl (C=O) groups is 3. The molecule has 0 saturated carbocycles. The number of fused-ring (bicyclic) bond motifs is 1. The lowest BCUT2D eigenvalue weighted by Crippen LogP contribution is -2.45. The van der Waals surface area contributed by atoms with E-state index in [1.807, 2.05) is 18.2 Å². The predicted octanol–water partition coefficient (Wildman–Crippen LogP) is 2.81. The highest BCUT2D eigenvalue weighted by atomic mass is 16.5. The number of para-hydroxylation sites is 1. The molecule has 1 spiro atoms. The summed E-state index contributed by atoms with van der Waals surface area (Å²) in [5.74, 6) is -0.556. The third-order valence-corrected chi connectivity index (χ3v) is 6.54. The summed E-state index contributed by atoms with van der Waals surface area (Å²) in [5, 5.41) is 8.84. The molecule has 8 heteroatoms. The van der Waals surface area contributed by atoms with Crippen molar-refractivity contribution in [3.05, 3.63) is 29.8 Å². The maximum atomic E-state index is 12.9. The fourth-order valence-electron chi connectivity index (χ4n) is 4.38. The Balaban J connectivity index is 1.71. The SMILES string of the molecule is CN1CCOCCCCC2(CCN(C(=O)CCC(=O)O)CC2)COc2ccccc2C1=O. The van der Waals surface area contributed by atoms with E-state index in [9.17, 15) is 14.4 Å². The summed E-state index contributed by atoms with van der Waals surface area (Å²) in [5.41, 5.74) is 0.457. The van der Waals surface area contributed by atoms with Crippen molar-refractivity contribution in [2.24, 2.45) is 5.41 Å². The van der Waals surface area contributed by atoms with Gasteiger partial charge in [-0.2, -0.15) is 0 Å². The number of likely N-dealkylation sites (N-methyl/N-ethyl adjacent to an activating group) is 1. The first kappa shape index (κ1) is 24.0. The van der Waals surface area contributed by atoms with E-state index in [-0.39, 0.29) is 30.1 Å². The van der Waals surface area contributed by atoms with Crippen LogP contribution in [-0.2, 0) is 14.3 Å². The fourth-order valence-corrected chi connectivity index (χ4v) is 4.38. The molecule has 0 unspecified atom stereocenters. The molecule has 0 aromatic heterocycles. The van der Waals surface area contributed by atoms with Crippen molar-refractivity contribution >= 4 is 17.8 Å². The number of aliphatic carboxylic acids is 1. The zero-order valence-corrected chi connectivity index (χ0v) is 18.9. The van der Waals surface area contributed by atoms with E-state index in [1.165, 1.54) is 0 Å². The summed E-state index contributed by atoms with van der Waals surface area (Å²) in [6.07, 6.45) is 4.40. The minimum atomic E-state index is -0.952. The molecule has 2 aliphatic heterocycles. The van der Waals surface area contributed by atoms with Crippen molar-refractivity contribution in [2.75, 3.05) is 46.5 Å². The molecule has 2 aliphatic rings. The number of piperidine rings is 1. The molecular weight excluding hydrogens is 412 g/mol. The Bertz CT molecular complexity index is 803. The molecule has 8 nitrogen and oxygen atoms in total. The quantitative estimate of drug-likeness (QED) is 0.767. The molecule has 2 heterocycles. The summed E-state index contributed by atoms with van der Waals surface area (Å²) < 4.78 is 12.0. The Morgan fingerprint density at radius 3 is 2.53 bits per heavy atom. The van der Waals surface area contributed by atoms with Gasteiger partial charge in [0.05, 0.1) is 25.2 Å². The number of carboxylic acids is 1. The number of hydrogen-bond acceptors (Lipinski definition) is 5. The van der Waals surface area contributed by atoms with Crippen molar-refractivity contribution in [3.63, 3.8) is 0 Å². The summed E-state index contributed by atoms with van der Waals surface area (Å²) in [6, 6.07) is 7.33. The van der Waals surface area contributed by atoms with Gasteiger partial charge in [0.2, 0.25) is 5.91 Å². The molecular formula is C24H34N2O6. The van der Waals surface area contributed by atoms with Crippen LogP contribution in [0, 0.1) is 5.41 Å². The summed E-state index contributed by atoms with van der Waals surface area (Å²) in [4.78, 5) is 39.5. The average Bonchev–Trinajstić information content (AvgIpc) is 2.80. The Kier molecular flexibility index (Phi) is 8.50. The summed E-state index contributed by atoms with van der Waals surface area (Å²) in [6.45, 7) is 3.38. The Morgan fingerprint density at radius 1 is 1.03 bits per heavy atom. The molecule has 1 fully saturated rings. The standard InChI is InChI=1S/C24H34N2O6/c1-25-15-17-31-16-5-4-10-24(18-32-20-7-3-2-6-19(20)23(25)30)11-13-26(14-12-24)21(27)8-9-22(28)29/h2-3,6-7H,4-5,8-18H2,1H3,(H,28,29). The zero-order valence-electron chi connectivity index (χ0n) is 18.9. The minimum absolute atomic E-state index is 0.0409. The first-order valence-corrected chi connectivity index (χ1v) is 11.4. The highest BCUT2D eigenvalue weighted by molar-refractivity contribution is 5.96. The van der Waals surface area contributed by atoms with Crippen LogP contribution in [0.15, 0.2) is 24.3 Å². The van der Waals surface area contributed by atoms with Gasteiger partial charge in [-0.15, -0.1) is 0 Å². The number of hydrogen-bond donors (Lipinski definition) is 1. The van der Waals surface area contributed by atoms with E-state index in [4.69, 9.17) is 14.6 Å². The molecule has 1 N–H and O–H groups in total. The van der Waals surface area contributed by atoms with Gasteiger partial charge in [0.25, 0.3) is 5.91 Å².